The van der Waals surface area contributed by atoms with Gasteiger partial charge in [-0.05, 0) is 30.3 Å². The van der Waals surface area contributed by atoms with Crippen molar-refractivity contribution in [2.45, 2.75) is 13.0 Å². The van der Waals surface area contributed by atoms with Crippen LogP contribution in [-0.4, -0.2) is 36.2 Å². The number of hydrogen-bond acceptors (Lipinski definition) is 6. The number of rotatable bonds is 9. The van der Waals surface area contributed by atoms with E-state index < -0.39 is 0 Å². The molecule has 0 radical (unpaired) electrons. The zero-order valence-electron chi connectivity index (χ0n) is 18.2. The molecule has 32 heavy (non-hydrogen) atoms. The van der Waals surface area contributed by atoms with Crippen molar-refractivity contribution in [3.63, 3.8) is 0 Å². The van der Waals surface area contributed by atoms with Gasteiger partial charge < -0.3 is 29.8 Å². The smallest absolute Gasteiger partial charge is 0.251 e. The number of aryl methyl sites for hydroxylation is 1. The van der Waals surface area contributed by atoms with Crippen LogP contribution in [0.1, 0.15) is 21.7 Å². The summed E-state index contributed by atoms with van der Waals surface area (Å²) in [5.74, 6) is 2.80. The number of nitrogens with one attached hydrogen (secondary N) is 1. The van der Waals surface area contributed by atoms with E-state index in [2.05, 4.69) is 10.3 Å². The third kappa shape index (κ3) is 6.29. The summed E-state index contributed by atoms with van der Waals surface area (Å²) in [4.78, 5) is 16.9. The Morgan fingerprint density at radius 1 is 1.06 bits per heavy atom. The van der Waals surface area contributed by atoms with Gasteiger partial charge in [0.15, 0.2) is 11.5 Å². The molecular formula is C22H28Cl2N4O4. The molecule has 0 aliphatic heterocycles. The number of nitrogens with zero attached hydrogens (tertiary/aromatic N) is 2. The third-order valence-corrected chi connectivity index (χ3v) is 4.71. The van der Waals surface area contributed by atoms with Crippen molar-refractivity contribution in [3.05, 3.63) is 65.7 Å². The van der Waals surface area contributed by atoms with E-state index in [4.69, 9.17) is 19.9 Å². The monoisotopic (exact) mass is 482 g/mol. The molecule has 2 aromatic carbocycles. The van der Waals surface area contributed by atoms with E-state index >= 15 is 0 Å². The van der Waals surface area contributed by atoms with Crippen molar-refractivity contribution in [2.24, 2.45) is 12.8 Å². The second kappa shape index (κ2) is 12.8. The largest absolute Gasteiger partial charge is 0.496 e. The number of nitrogens with two attached hydrogens (primary N) is 1. The molecule has 0 fully saturated rings. The number of benzene rings is 2. The zero-order valence-corrected chi connectivity index (χ0v) is 19.8. The van der Waals surface area contributed by atoms with E-state index in [1.807, 2.05) is 29.9 Å². The predicted molar refractivity (Wildman–Crippen MR) is 128 cm³/mol. The Morgan fingerprint density at radius 3 is 2.41 bits per heavy atom. The fraction of sp³-hybridized carbons (Fsp3) is 0.273. The van der Waals surface area contributed by atoms with Gasteiger partial charge in [-0.15, -0.1) is 24.8 Å². The van der Waals surface area contributed by atoms with Gasteiger partial charge in [0, 0.05) is 44.5 Å². The number of carbonyl (C=O) groups is 1. The first-order valence-electron chi connectivity index (χ1n) is 9.53. The van der Waals surface area contributed by atoms with Crippen molar-refractivity contribution in [1.29, 1.82) is 0 Å². The fourth-order valence-corrected chi connectivity index (χ4v) is 3.08. The van der Waals surface area contributed by atoms with Gasteiger partial charge in [0.05, 0.1) is 19.8 Å². The molecule has 0 spiro atoms. The fourth-order valence-electron chi connectivity index (χ4n) is 3.08. The van der Waals surface area contributed by atoms with Crippen molar-refractivity contribution >= 4 is 30.7 Å². The topological polar surface area (TPSA) is 101 Å². The van der Waals surface area contributed by atoms with Crippen LogP contribution < -0.4 is 25.3 Å². The molecule has 3 rings (SSSR count). The molecule has 0 aliphatic carbocycles. The molecule has 0 aliphatic rings. The Kier molecular flexibility index (Phi) is 10.8. The predicted octanol–water partition coefficient (Wildman–Crippen LogP) is 3.50. The normalized spacial score (nSPS) is 9.88. The SMILES string of the molecule is COc1ccc(C(=O)NCCc2nccn2C)cc1Oc1cccc(OC)c1CN.Cl.Cl. The first kappa shape index (κ1) is 27.1. The third-order valence-electron chi connectivity index (χ3n) is 4.71. The lowest BCUT2D eigenvalue weighted by Crippen LogP contribution is -2.26. The number of amides is 1. The molecule has 1 amide bonds. The highest BCUT2D eigenvalue weighted by Gasteiger charge is 2.15. The second-order valence-corrected chi connectivity index (χ2v) is 6.57. The molecule has 174 valence electrons. The molecule has 3 aromatic rings. The van der Waals surface area contributed by atoms with E-state index in [-0.39, 0.29) is 37.3 Å². The van der Waals surface area contributed by atoms with Gasteiger partial charge >= 0.3 is 0 Å². The van der Waals surface area contributed by atoms with E-state index in [0.29, 0.717) is 41.5 Å². The maximum Gasteiger partial charge on any atom is 0.251 e. The number of halogens is 2. The highest BCUT2D eigenvalue weighted by molar-refractivity contribution is 5.94. The molecule has 1 aromatic heterocycles. The number of methoxy groups -OCH3 is 2. The Labute approximate surface area is 199 Å². The van der Waals surface area contributed by atoms with Gasteiger partial charge in [-0.1, -0.05) is 6.07 Å². The Balaban J connectivity index is 0.00000256. The maximum absolute atomic E-state index is 12.6. The van der Waals surface area contributed by atoms with Gasteiger partial charge in [-0.25, -0.2) is 4.98 Å². The van der Waals surface area contributed by atoms with Crippen LogP contribution in [0.5, 0.6) is 23.0 Å². The van der Waals surface area contributed by atoms with Gasteiger partial charge in [0.2, 0.25) is 0 Å². The first-order valence-corrected chi connectivity index (χ1v) is 9.53. The Morgan fingerprint density at radius 2 is 1.78 bits per heavy atom. The number of carbonyl (C=O) groups excluding carboxylic acids is 1. The van der Waals surface area contributed by atoms with E-state index in [9.17, 15) is 4.79 Å². The maximum atomic E-state index is 12.6. The summed E-state index contributed by atoms with van der Waals surface area (Å²) < 4.78 is 18.7. The Bertz CT molecular complexity index is 1030. The van der Waals surface area contributed by atoms with Crippen molar-refractivity contribution < 1.29 is 19.0 Å². The molecule has 0 saturated carbocycles. The molecule has 0 atom stereocenters. The molecule has 0 bridgehead atoms. The number of ether oxygens (including phenoxy) is 3. The minimum atomic E-state index is -0.207. The van der Waals surface area contributed by atoms with Gasteiger partial charge in [-0.2, -0.15) is 0 Å². The van der Waals surface area contributed by atoms with Crippen molar-refractivity contribution in [2.75, 3.05) is 20.8 Å². The van der Waals surface area contributed by atoms with Crippen LogP contribution in [0.25, 0.3) is 0 Å². The summed E-state index contributed by atoms with van der Waals surface area (Å²) in [5.41, 5.74) is 7.06. The summed E-state index contributed by atoms with van der Waals surface area (Å²) in [6, 6.07) is 10.5. The van der Waals surface area contributed by atoms with Crippen molar-refractivity contribution in [3.8, 4) is 23.0 Å². The minimum absolute atomic E-state index is 0. The van der Waals surface area contributed by atoms with Crippen LogP contribution in [-0.2, 0) is 20.0 Å². The average molecular weight is 483 g/mol. The second-order valence-electron chi connectivity index (χ2n) is 6.57. The van der Waals surface area contributed by atoms with E-state index in [1.54, 1.807) is 44.7 Å². The van der Waals surface area contributed by atoms with E-state index in [0.717, 1.165) is 11.4 Å². The molecule has 10 heteroatoms. The van der Waals surface area contributed by atoms with Gasteiger partial charge in [-0.3, -0.25) is 4.79 Å². The summed E-state index contributed by atoms with van der Waals surface area (Å²) in [7, 11) is 5.05. The number of imidazole rings is 1. The lowest BCUT2D eigenvalue weighted by Gasteiger charge is -2.16. The van der Waals surface area contributed by atoms with Crippen LogP contribution in [0, 0.1) is 0 Å². The lowest BCUT2D eigenvalue weighted by molar-refractivity contribution is 0.0953. The summed E-state index contributed by atoms with van der Waals surface area (Å²) >= 11 is 0. The lowest BCUT2D eigenvalue weighted by atomic mass is 10.1. The molecule has 0 unspecified atom stereocenters. The number of aromatic nitrogens is 2. The zero-order chi connectivity index (χ0) is 21.5. The van der Waals surface area contributed by atoms with Crippen molar-refractivity contribution in [1.82, 2.24) is 14.9 Å². The highest BCUT2D eigenvalue weighted by atomic mass is 35.5. The molecule has 8 nitrogen and oxygen atoms in total. The molecule has 1 heterocycles. The standard InChI is InChI=1S/C22H26N4O4.2ClH/c1-26-12-11-24-21(26)9-10-25-22(27)15-7-8-19(29-3)20(13-15)30-18-6-4-5-17(28-2)16(18)14-23;;/h4-8,11-13H,9-10,14,23H2,1-3H3,(H,25,27);2*1H. The summed E-state index contributed by atoms with van der Waals surface area (Å²) in [6.45, 7) is 0.716. The highest BCUT2D eigenvalue weighted by Crippen LogP contribution is 2.36. The van der Waals surface area contributed by atoms with E-state index in [1.165, 1.54) is 0 Å². The molecule has 0 saturated heterocycles. The van der Waals surface area contributed by atoms with Gasteiger partial charge in [0.1, 0.15) is 17.3 Å². The Hall–Kier alpha value is -2.94. The van der Waals surface area contributed by atoms with Crippen LogP contribution in [0.3, 0.4) is 0 Å². The van der Waals surface area contributed by atoms with Crippen LogP contribution >= 0.6 is 24.8 Å². The average Bonchev–Trinajstić information content (AvgIpc) is 3.18. The quantitative estimate of drug-likeness (QED) is 0.483. The number of hydrogen-bond donors (Lipinski definition) is 2. The summed E-state index contributed by atoms with van der Waals surface area (Å²) in [6.07, 6.45) is 4.25. The summed E-state index contributed by atoms with van der Waals surface area (Å²) in [5, 5.41) is 2.91. The first-order chi connectivity index (χ1) is 14.6. The molecule has 3 N–H and O–H groups in total. The van der Waals surface area contributed by atoms with Crippen LogP contribution in [0.2, 0.25) is 0 Å². The molecular weight excluding hydrogens is 455 g/mol. The minimum Gasteiger partial charge on any atom is -0.496 e. The van der Waals surface area contributed by atoms with Crippen LogP contribution in [0.15, 0.2) is 48.8 Å². The van der Waals surface area contributed by atoms with Gasteiger partial charge in [0.25, 0.3) is 5.91 Å². The van der Waals surface area contributed by atoms with Crippen LogP contribution in [0.4, 0.5) is 0 Å².